The van der Waals surface area contributed by atoms with Crippen LogP contribution in [0.3, 0.4) is 0 Å². The number of likely N-dealkylation sites (N-methyl/N-ethyl adjacent to an activating group) is 1. The summed E-state index contributed by atoms with van der Waals surface area (Å²) in [7, 11) is 0. The van der Waals surface area contributed by atoms with E-state index < -0.39 is 0 Å². The lowest BCUT2D eigenvalue weighted by atomic mass is 10.3. The number of amides is 1. The quantitative estimate of drug-likeness (QED) is 0.612. The zero-order chi connectivity index (χ0) is 14.1. The van der Waals surface area contributed by atoms with E-state index in [9.17, 15) is 9.90 Å². The number of phenols is 1. The van der Waals surface area contributed by atoms with Crippen LogP contribution in [0, 0.1) is 0 Å². The molecule has 0 aliphatic rings. The maximum Gasteiger partial charge on any atom is 0.258 e. The minimum absolute atomic E-state index is 0.0443. The summed E-state index contributed by atoms with van der Waals surface area (Å²) in [5.41, 5.74) is 0. The fourth-order valence-corrected chi connectivity index (χ4v) is 1.76. The minimum atomic E-state index is -0.171. The number of hydrogen-bond acceptors (Lipinski definition) is 3. The van der Waals surface area contributed by atoms with E-state index in [0.29, 0.717) is 12.3 Å². The number of quaternary nitrogens is 1. The average Bonchev–Trinajstić information content (AvgIpc) is 2.43. The summed E-state index contributed by atoms with van der Waals surface area (Å²) >= 11 is 0. The standard InChI is InChI=1S/C14H22N2O3/c1-3-16(4-2)10-9-15-14(18)11-19-13-8-6-5-7-12(13)17/h5-8,17H,3-4,9-11H2,1-2H3,(H,15,18)/p+1. The number of rotatable bonds is 8. The molecule has 19 heavy (non-hydrogen) atoms. The first-order valence-electron chi connectivity index (χ1n) is 6.68. The fraction of sp³-hybridized carbons (Fsp3) is 0.500. The van der Waals surface area contributed by atoms with Gasteiger partial charge in [-0.15, -0.1) is 0 Å². The molecule has 1 aromatic rings. The van der Waals surface area contributed by atoms with Crippen molar-refractivity contribution >= 4 is 5.91 Å². The van der Waals surface area contributed by atoms with Crippen molar-refractivity contribution in [2.75, 3.05) is 32.8 Å². The number of carbonyl (C=O) groups is 1. The van der Waals surface area contributed by atoms with Gasteiger partial charge in [-0.3, -0.25) is 4.79 Å². The van der Waals surface area contributed by atoms with E-state index in [0.717, 1.165) is 19.6 Å². The van der Waals surface area contributed by atoms with Crippen molar-refractivity contribution in [2.24, 2.45) is 0 Å². The molecule has 0 spiro atoms. The van der Waals surface area contributed by atoms with E-state index in [4.69, 9.17) is 4.74 Å². The van der Waals surface area contributed by atoms with Crippen molar-refractivity contribution in [3.8, 4) is 11.5 Å². The van der Waals surface area contributed by atoms with Gasteiger partial charge in [0.05, 0.1) is 26.2 Å². The van der Waals surface area contributed by atoms with Crippen molar-refractivity contribution in [2.45, 2.75) is 13.8 Å². The van der Waals surface area contributed by atoms with Crippen molar-refractivity contribution < 1.29 is 19.5 Å². The highest BCUT2D eigenvalue weighted by Gasteiger charge is 2.07. The lowest BCUT2D eigenvalue weighted by molar-refractivity contribution is -0.895. The smallest absolute Gasteiger partial charge is 0.258 e. The van der Waals surface area contributed by atoms with Gasteiger partial charge in [0.2, 0.25) is 0 Å². The number of para-hydroxylation sites is 2. The maximum atomic E-state index is 11.6. The van der Waals surface area contributed by atoms with E-state index in [2.05, 4.69) is 19.2 Å². The molecule has 0 unspecified atom stereocenters. The van der Waals surface area contributed by atoms with Gasteiger partial charge in [0, 0.05) is 0 Å². The first-order chi connectivity index (χ1) is 9.17. The highest BCUT2D eigenvalue weighted by molar-refractivity contribution is 5.77. The summed E-state index contributed by atoms with van der Waals surface area (Å²) in [6.07, 6.45) is 0. The third kappa shape index (κ3) is 5.61. The van der Waals surface area contributed by atoms with Crippen LogP contribution in [0.2, 0.25) is 0 Å². The van der Waals surface area contributed by atoms with Gasteiger partial charge in [0.15, 0.2) is 18.1 Å². The Bertz CT molecular complexity index is 392. The molecular weight excluding hydrogens is 244 g/mol. The molecule has 0 radical (unpaired) electrons. The Morgan fingerprint density at radius 3 is 2.63 bits per heavy atom. The van der Waals surface area contributed by atoms with Crippen molar-refractivity contribution in [3.05, 3.63) is 24.3 Å². The van der Waals surface area contributed by atoms with Crippen LogP contribution in [0.25, 0.3) is 0 Å². The van der Waals surface area contributed by atoms with Gasteiger partial charge in [0.25, 0.3) is 5.91 Å². The van der Waals surface area contributed by atoms with Crippen molar-refractivity contribution in [3.63, 3.8) is 0 Å². The number of carbonyl (C=O) groups excluding carboxylic acids is 1. The molecule has 0 fully saturated rings. The van der Waals surface area contributed by atoms with Gasteiger partial charge in [-0.1, -0.05) is 12.1 Å². The normalized spacial score (nSPS) is 10.5. The van der Waals surface area contributed by atoms with Gasteiger partial charge < -0.3 is 20.1 Å². The van der Waals surface area contributed by atoms with E-state index in [-0.39, 0.29) is 18.3 Å². The molecular formula is C14H23N2O3+. The van der Waals surface area contributed by atoms with Crippen LogP contribution >= 0.6 is 0 Å². The predicted molar refractivity (Wildman–Crippen MR) is 73.5 cm³/mol. The number of benzene rings is 1. The van der Waals surface area contributed by atoms with Crippen LogP contribution in [0.15, 0.2) is 24.3 Å². The number of nitrogens with one attached hydrogen (secondary N) is 2. The Balaban J connectivity index is 2.23. The molecule has 0 heterocycles. The largest absolute Gasteiger partial charge is 0.504 e. The Labute approximate surface area is 114 Å². The average molecular weight is 267 g/mol. The summed E-state index contributed by atoms with van der Waals surface area (Å²) in [5, 5.41) is 12.3. The van der Waals surface area contributed by atoms with E-state index in [1.807, 2.05) is 0 Å². The predicted octanol–water partition coefficient (Wildman–Crippen LogP) is -0.188. The van der Waals surface area contributed by atoms with Crippen molar-refractivity contribution in [1.82, 2.24) is 5.32 Å². The minimum Gasteiger partial charge on any atom is -0.504 e. The summed E-state index contributed by atoms with van der Waals surface area (Å²) < 4.78 is 5.24. The fourth-order valence-electron chi connectivity index (χ4n) is 1.76. The van der Waals surface area contributed by atoms with E-state index >= 15 is 0 Å². The highest BCUT2D eigenvalue weighted by atomic mass is 16.5. The van der Waals surface area contributed by atoms with Crippen LogP contribution in [0.5, 0.6) is 11.5 Å². The van der Waals surface area contributed by atoms with Crippen LogP contribution < -0.4 is 15.0 Å². The lowest BCUT2D eigenvalue weighted by Crippen LogP contribution is -3.12. The molecule has 106 valence electrons. The summed E-state index contributed by atoms with van der Waals surface area (Å²) in [6.45, 7) is 7.84. The van der Waals surface area contributed by atoms with E-state index in [1.54, 1.807) is 18.2 Å². The van der Waals surface area contributed by atoms with Crippen LogP contribution in [-0.4, -0.2) is 43.8 Å². The highest BCUT2D eigenvalue weighted by Crippen LogP contribution is 2.23. The third-order valence-corrected chi connectivity index (χ3v) is 3.02. The number of phenolic OH excluding ortho intramolecular Hbond substituents is 1. The SMILES string of the molecule is CC[NH+](CC)CCNC(=O)COc1ccccc1O. The first-order valence-corrected chi connectivity index (χ1v) is 6.68. The second-order valence-electron chi connectivity index (χ2n) is 4.31. The molecule has 1 amide bonds. The Hall–Kier alpha value is -1.75. The van der Waals surface area contributed by atoms with E-state index in [1.165, 1.54) is 11.0 Å². The Morgan fingerprint density at radius 1 is 1.32 bits per heavy atom. The molecule has 1 aromatic carbocycles. The molecule has 0 aliphatic carbocycles. The van der Waals surface area contributed by atoms with Gasteiger partial charge in [-0.05, 0) is 26.0 Å². The van der Waals surface area contributed by atoms with Gasteiger partial charge in [0.1, 0.15) is 0 Å². The summed E-state index contributed by atoms with van der Waals surface area (Å²) in [4.78, 5) is 13.0. The Kier molecular flexibility index (Phi) is 6.74. The molecule has 1 rings (SSSR count). The summed E-state index contributed by atoms with van der Waals surface area (Å²) in [6, 6.07) is 6.60. The molecule has 0 aliphatic heterocycles. The second kappa shape index (κ2) is 8.37. The lowest BCUT2D eigenvalue weighted by Gasteiger charge is -2.15. The maximum absolute atomic E-state index is 11.6. The molecule has 5 nitrogen and oxygen atoms in total. The first kappa shape index (κ1) is 15.3. The molecule has 0 saturated carbocycles. The second-order valence-corrected chi connectivity index (χ2v) is 4.31. The molecule has 0 saturated heterocycles. The van der Waals surface area contributed by atoms with Gasteiger partial charge in [-0.25, -0.2) is 0 Å². The summed E-state index contributed by atoms with van der Waals surface area (Å²) in [5.74, 6) is 0.199. The molecule has 5 heteroatoms. The zero-order valence-corrected chi connectivity index (χ0v) is 11.6. The van der Waals surface area contributed by atoms with Crippen LogP contribution in [-0.2, 0) is 4.79 Å². The molecule has 3 N–H and O–H groups in total. The molecule has 0 bridgehead atoms. The number of ether oxygens (including phenoxy) is 1. The third-order valence-electron chi connectivity index (χ3n) is 3.02. The molecule has 0 atom stereocenters. The van der Waals surface area contributed by atoms with Crippen LogP contribution in [0.4, 0.5) is 0 Å². The monoisotopic (exact) mass is 267 g/mol. The molecule has 0 aromatic heterocycles. The topological polar surface area (TPSA) is 63.0 Å². The van der Waals surface area contributed by atoms with Crippen LogP contribution in [0.1, 0.15) is 13.8 Å². The number of aromatic hydroxyl groups is 1. The van der Waals surface area contributed by atoms with Gasteiger partial charge >= 0.3 is 0 Å². The van der Waals surface area contributed by atoms with Crippen molar-refractivity contribution in [1.29, 1.82) is 0 Å². The zero-order valence-electron chi connectivity index (χ0n) is 11.6. The van der Waals surface area contributed by atoms with Gasteiger partial charge in [-0.2, -0.15) is 0 Å². The Morgan fingerprint density at radius 2 is 2.00 bits per heavy atom. The number of hydrogen-bond donors (Lipinski definition) is 3.